The minimum absolute atomic E-state index is 0.0229. The van der Waals surface area contributed by atoms with Crippen LogP contribution in [0.1, 0.15) is 22.4 Å². The lowest BCUT2D eigenvalue weighted by Crippen LogP contribution is -2.20. The second kappa shape index (κ2) is 7.07. The van der Waals surface area contributed by atoms with Crippen molar-refractivity contribution in [2.45, 2.75) is 30.2 Å². The monoisotopic (exact) mass is 446 g/mol. The molecule has 0 radical (unpaired) electrons. The first-order valence-electron chi connectivity index (χ1n) is 10.2. The molecule has 0 N–H and O–H groups in total. The maximum Gasteiger partial charge on any atom is 0.336 e. The molecule has 0 saturated carbocycles. The van der Waals surface area contributed by atoms with E-state index in [9.17, 15) is 9.59 Å². The smallest absolute Gasteiger partial charge is 0.336 e. The summed E-state index contributed by atoms with van der Waals surface area (Å²) in [5, 5.41) is 4.54. The predicted octanol–water partition coefficient (Wildman–Crippen LogP) is 5.04. The summed E-state index contributed by atoms with van der Waals surface area (Å²) in [5.41, 5.74) is 2.31. The van der Waals surface area contributed by atoms with Crippen molar-refractivity contribution in [1.29, 1.82) is 0 Å². The van der Waals surface area contributed by atoms with Gasteiger partial charge in [-0.2, -0.15) is 0 Å². The van der Waals surface area contributed by atoms with Crippen molar-refractivity contribution in [3.8, 4) is 0 Å². The third-order valence-electron chi connectivity index (χ3n) is 5.98. The van der Waals surface area contributed by atoms with Crippen LogP contribution in [0.15, 0.2) is 61.6 Å². The molecule has 31 heavy (non-hydrogen) atoms. The molecule has 5 aromatic rings. The first-order valence-corrected chi connectivity index (χ1v) is 12.0. The topological polar surface area (TPSA) is 65.1 Å². The summed E-state index contributed by atoms with van der Waals surface area (Å²) < 4.78 is 7.11. The Hall–Kier alpha value is -2.90. The van der Waals surface area contributed by atoms with Crippen LogP contribution >= 0.6 is 23.1 Å². The molecule has 0 spiro atoms. The van der Waals surface area contributed by atoms with Crippen molar-refractivity contribution >= 4 is 55.1 Å². The van der Waals surface area contributed by atoms with Crippen LogP contribution in [0.2, 0.25) is 0 Å². The van der Waals surface area contributed by atoms with Gasteiger partial charge in [0.1, 0.15) is 10.4 Å². The fraction of sp³-hybridized carbons (Fsp3) is 0.208. The Morgan fingerprint density at radius 3 is 2.90 bits per heavy atom. The molecule has 0 saturated heterocycles. The third-order valence-corrected chi connectivity index (χ3v) is 8.24. The van der Waals surface area contributed by atoms with Gasteiger partial charge >= 0.3 is 5.63 Å². The molecule has 0 amide bonds. The molecule has 1 aliphatic rings. The Kier molecular flexibility index (Phi) is 4.30. The number of hydrogen-bond acceptors (Lipinski definition) is 6. The molecule has 154 valence electrons. The highest BCUT2D eigenvalue weighted by atomic mass is 32.2. The average molecular weight is 447 g/mol. The third kappa shape index (κ3) is 2.95. The molecule has 0 aliphatic heterocycles. The van der Waals surface area contributed by atoms with Crippen molar-refractivity contribution in [3.63, 3.8) is 0 Å². The maximum absolute atomic E-state index is 13.1. The molecule has 7 heteroatoms. The van der Waals surface area contributed by atoms with E-state index in [-0.39, 0.29) is 11.2 Å². The van der Waals surface area contributed by atoms with Gasteiger partial charge in [-0.05, 0) is 47.2 Å². The van der Waals surface area contributed by atoms with Gasteiger partial charge in [0.2, 0.25) is 0 Å². The lowest BCUT2D eigenvalue weighted by atomic mass is 10.0. The zero-order valence-corrected chi connectivity index (χ0v) is 18.4. The lowest BCUT2D eigenvalue weighted by Gasteiger charge is -2.10. The quantitative estimate of drug-likeness (QED) is 0.168. The van der Waals surface area contributed by atoms with Crippen LogP contribution < -0.4 is 11.2 Å². The Balaban J connectivity index is 1.46. The van der Waals surface area contributed by atoms with Crippen molar-refractivity contribution in [1.82, 2.24) is 9.55 Å². The SMILES string of the molecule is Cn1c(SCc2cc(=O)oc3ccc4ccccc4c23)nc2sc3c(c2c1=O)CCC3. The summed E-state index contributed by atoms with van der Waals surface area (Å²) in [6, 6.07) is 13.4. The first kappa shape index (κ1) is 18.8. The molecule has 0 unspecified atom stereocenters. The van der Waals surface area contributed by atoms with E-state index in [0.29, 0.717) is 16.5 Å². The van der Waals surface area contributed by atoms with Gasteiger partial charge in [-0.15, -0.1) is 11.3 Å². The van der Waals surface area contributed by atoms with Gasteiger partial charge in [0.25, 0.3) is 5.56 Å². The molecular weight excluding hydrogens is 428 g/mol. The van der Waals surface area contributed by atoms with E-state index in [1.165, 1.54) is 22.2 Å². The molecular formula is C24H18N2O3S2. The number of hydrogen-bond donors (Lipinski definition) is 0. The first-order chi connectivity index (χ1) is 15.1. The second-order valence-electron chi connectivity index (χ2n) is 7.84. The zero-order chi connectivity index (χ0) is 21.1. The van der Waals surface area contributed by atoms with Gasteiger partial charge in [-0.1, -0.05) is 42.1 Å². The predicted molar refractivity (Wildman–Crippen MR) is 126 cm³/mol. The van der Waals surface area contributed by atoms with Gasteiger partial charge < -0.3 is 4.42 Å². The summed E-state index contributed by atoms with van der Waals surface area (Å²) in [7, 11) is 1.78. The number of thiophene rings is 1. The highest BCUT2D eigenvalue weighted by molar-refractivity contribution is 7.98. The van der Waals surface area contributed by atoms with E-state index < -0.39 is 0 Å². The summed E-state index contributed by atoms with van der Waals surface area (Å²) in [5.74, 6) is 0.521. The molecule has 1 aliphatic carbocycles. The van der Waals surface area contributed by atoms with E-state index >= 15 is 0 Å². The Morgan fingerprint density at radius 1 is 1.13 bits per heavy atom. The van der Waals surface area contributed by atoms with Gasteiger partial charge in [0.15, 0.2) is 5.16 Å². The Bertz CT molecular complexity index is 1630. The van der Waals surface area contributed by atoms with Crippen LogP contribution in [0.25, 0.3) is 32.0 Å². The molecule has 0 atom stereocenters. The average Bonchev–Trinajstić information content (AvgIpc) is 3.35. The van der Waals surface area contributed by atoms with Crippen LogP contribution in [0, 0.1) is 0 Å². The summed E-state index contributed by atoms with van der Waals surface area (Å²) in [4.78, 5) is 32.2. The van der Waals surface area contributed by atoms with Crippen LogP contribution in [-0.4, -0.2) is 9.55 Å². The number of rotatable bonds is 3. The summed E-state index contributed by atoms with van der Waals surface area (Å²) in [6.45, 7) is 0. The van der Waals surface area contributed by atoms with E-state index in [1.807, 2.05) is 36.4 Å². The van der Waals surface area contributed by atoms with Gasteiger partial charge in [-0.3, -0.25) is 9.36 Å². The highest BCUT2D eigenvalue weighted by Gasteiger charge is 2.22. The van der Waals surface area contributed by atoms with E-state index in [2.05, 4.69) is 0 Å². The minimum Gasteiger partial charge on any atom is -0.423 e. The molecule has 5 nitrogen and oxygen atoms in total. The largest absolute Gasteiger partial charge is 0.423 e. The van der Waals surface area contributed by atoms with Crippen molar-refractivity contribution in [3.05, 3.63) is 79.2 Å². The summed E-state index contributed by atoms with van der Waals surface area (Å²) in [6.07, 6.45) is 3.13. The fourth-order valence-corrected chi connectivity index (χ4v) is 6.77. The molecule has 3 aromatic heterocycles. The van der Waals surface area contributed by atoms with E-state index in [0.717, 1.165) is 51.2 Å². The van der Waals surface area contributed by atoms with Gasteiger partial charge in [0, 0.05) is 29.1 Å². The standard InChI is InChI=1S/C24H18N2O3S2/c1-26-23(28)21-16-7-4-8-18(16)31-22(21)25-24(26)30-12-14-11-19(27)29-17-10-9-13-5-2-3-6-15(13)20(14)17/h2-3,5-6,9-11H,4,7-8,12H2,1H3. The number of aryl methyl sites for hydroxylation is 2. The van der Waals surface area contributed by atoms with Crippen LogP contribution in [-0.2, 0) is 25.6 Å². The van der Waals surface area contributed by atoms with Crippen molar-refractivity contribution < 1.29 is 4.42 Å². The summed E-state index contributed by atoms with van der Waals surface area (Å²) >= 11 is 3.13. The van der Waals surface area contributed by atoms with Crippen LogP contribution in [0.5, 0.6) is 0 Å². The molecule has 2 aromatic carbocycles. The van der Waals surface area contributed by atoms with Crippen LogP contribution in [0.3, 0.4) is 0 Å². The minimum atomic E-state index is -0.370. The van der Waals surface area contributed by atoms with Crippen LogP contribution in [0.4, 0.5) is 0 Å². The number of aromatic nitrogens is 2. The second-order valence-corrected chi connectivity index (χ2v) is 9.86. The fourth-order valence-electron chi connectivity index (χ4n) is 4.51. The lowest BCUT2D eigenvalue weighted by molar-refractivity contribution is 0.560. The number of fused-ring (bicyclic) bond motifs is 6. The molecule has 0 fully saturated rings. The van der Waals surface area contributed by atoms with Gasteiger partial charge in [-0.25, -0.2) is 9.78 Å². The Labute approximate surface area is 185 Å². The van der Waals surface area contributed by atoms with Crippen molar-refractivity contribution in [2.24, 2.45) is 7.05 Å². The molecule has 6 rings (SSSR count). The zero-order valence-electron chi connectivity index (χ0n) is 16.8. The van der Waals surface area contributed by atoms with Crippen molar-refractivity contribution in [2.75, 3.05) is 0 Å². The maximum atomic E-state index is 13.1. The molecule has 0 bridgehead atoms. The van der Waals surface area contributed by atoms with E-state index in [4.69, 9.17) is 9.40 Å². The van der Waals surface area contributed by atoms with E-state index in [1.54, 1.807) is 29.0 Å². The normalized spacial score (nSPS) is 13.5. The number of benzene rings is 2. The number of nitrogens with zero attached hydrogens (tertiary/aromatic N) is 2. The number of thioether (sulfide) groups is 1. The Morgan fingerprint density at radius 2 is 2.00 bits per heavy atom. The highest BCUT2D eigenvalue weighted by Crippen LogP contribution is 2.36. The molecule has 3 heterocycles. The van der Waals surface area contributed by atoms with Gasteiger partial charge in [0.05, 0.1) is 5.39 Å².